The van der Waals surface area contributed by atoms with Crippen LogP contribution < -0.4 is 0 Å². The summed E-state index contributed by atoms with van der Waals surface area (Å²) >= 11 is 0. The first-order valence-corrected chi connectivity index (χ1v) is 7.75. The zero-order valence-corrected chi connectivity index (χ0v) is 13.2. The first-order valence-electron chi connectivity index (χ1n) is 7.75. The molecule has 1 aliphatic rings. The topological polar surface area (TPSA) is 59.5 Å². The Morgan fingerprint density at radius 3 is 2.62 bits per heavy atom. The fourth-order valence-corrected chi connectivity index (χ4v) is 3.22. The number of aromatic carboxylic acids is 1. The van der Waals surface area contributed by atoms with Gasteiger partial charge in [0.1, 0.15) is 5.69 Å². The molecule has 3 aromatic rings. The second kappa shape index (κ2) is 4.93. The van der Waals surface area contributed by atoms with Gasteiger partial charge in [-0.05, 0) is 48.4 Å². The van der Waals surface area contributed by atoms with Crippen LogP contribution in [-0.4, -0.2) is 20.6 Å². The Morgan fingerprint density at radius 1 is 1.25 bits per heavy atom. The number of nitrogens with zero attached hydrogens (tertiary/aromatic N) is 3. The van der Waals surface area contributed by atoms with Crippen molar-refractivity contribution in [1.82, 2.24) is 9.55 Å². The van der Waals surface area contributed by atoms with Crippen LogP contribution in [0.3, 0.4) is 0 Å². The molecule has 0 saturated heterocycles. The van der Waals surface area contributed by atoms with Gasteiger partial charge in [0.25, 0.3) is 0 Å². The molecular weight excluding hydrogens is 302 g/mol. The van der Waals surface area contributed by atoms with Crippen molar-refractivity contribution >= 4 is 16.9 Å². The standard InChI is InChI=1S/C19H15N3O2/c1-12-9-14(5-8-21-12)13-3-4-16-15(10-13)11-17(18(23)24)22(16)19(20-2)6-7-19/h3-5,8-11H,6-7H2,1H3,(H,23,24). The van der Waals surface area contributed by atoms with Crippen molar-refractivity contribution in [1.29, 1.82) is 0 Å². The first kappa shape index (κ1) is 14.5. The van der Waals surface area contributed by atoms with Crippen LogP contribution >= 0.6 is 0 Å². The van der Waals surface area contributed by atoms with E-state index in [1.54, 1.807) is 16.8 Å². The van der Waals surface area contributed by atoms with Crippen molar-refractivity contribution in [3.63, 3.8) is 0 Å². The van der Waals surface area contributed by atoms with E-state index in [0.717, 1.165) is 27.7 Å². The van der Waals surface area contributed by atoms with Crippen molar-refractivity contribution in [3.05, 3.63) is 65.4 Å². The van der Waals surface area contributed by atoms with E-state index < -0.39 is 11.6 Å². The Hall–Kier alpha value is -3.13. The van der Waals surface area contributed by atoms with E-state index in [1.165, 1.54) is 0 Å². The van der Waals surface area contributed by atoms with Crippen molar-refractivity contribution in [2.24, 2.45) is 0 Å². The average Bonchev–Trinajstić information content (AvgIpc) is 3.27. The maximum absolute atomic E-state index is 11.6. The summed E-state index contributed by atoms with van der Waals surface area (Å²) in [5.41, 5.74) is 3.25. The zero-order valence-electron chi connectivity index (χ0n) is 13.2. The predicted molar refractivity (Wildman–Crippen MR) is 90.7 cm³/mol. The van der Waals surface area contributed by atoms with Gasteiger partial charge in [0.2, 0.25) is 0 Å². The molecule has 1 N–H and O–H groups in total. The Balaban J connectivity index is 1.94. The number of hydrogen-bond acceptors (Lipinski definition) is 2. The highest BCUT2D eigenvalue weighted by Gasteiger charge is 2.55. The van der Waals surface area contributed by atoms with E-state index in [-0.39, 0.29) is 5.69 Å². The van der Waals surface area contributed by atoms with E-state index in [0.29, 0.717) is 12.8 Å². The molecule has 2 heterocycles. The lowest BCUT2D eigenvalue weighted by Gasteiger charge is -2.10. The molecule has 1 fully saturated rings. The molecule has 118 valence electrons. The molecule has 0 spiro atoms. The number of carboxylic acids is 1. The third kappa shape index (κ3) is 2.08. The Bertz CT molecular complexity index is 1020. The normalized spacial score (nSPS) is 15.2. The van der Waals surface area contributed by atoms with Gasteiger partial charge in [-0.3, -0.25) is 14.4 Å². The highest BCUT2D eigenvalue weighted by molar-refractivity contribution is 5.96. The van der Waals surface area contributed by atoms with Crippen LogP contribution in [-0.2, 0) is 5.66 Å². The summed E-state index contributed by atoms with van der Waals surface area (Å²) in [6.07, 6.45) is 3.17. The number of benzene rings is 1. The van der Waals surface area contributed by atoms with Crippen LogP contribution in [0.25, 0.3) is 26.9 Å². The number of aromatic nitrogens is 2. The lowest BCUT2D eigenvalue weighted by Crippen LogP contribution is -2.18. The van der Waals surface area contributed by atoms with Crippen LogP contribution in [0.15, 0.2) is 42.6 Å². The lowest BCUT2D eigenvalue weighted by molar-refractivity contribution is 0.0683. The van der Waals surface area contributed by atoms with Crippen LogP contribution in [0, 0.1) is 13.5 Å². The van der Waals surface area contributed by atoms with Crippen LogP contribution in [0.4, 0.5) is 0 Å². The molecule has 0 unspecified atom stereocenters. The maximum Gasteiger partial charge on any atom is 0.352 e. The number of pyridine rings is 1. The van der Waals surface area contributed by atoms with E-state index in [9.17, 15) is 9.90 Å². The molecule has 0 bridgehead atoms. The molecule has 1 aromatic carbocycles. The SMILES string of the molecule is [C-]#[N+]C1(n2c(C(=O)O)cc3cc(-c4ccnc(C)c4)ccc32)CC1. The summed E-state index contributed by atoms with van der Waals surface area (Å²) in [6, 6.07) is 11.5. The number of rotatable bonds is 3. The van der Waals surface area contributed by atoms with E-state index >= 15 is 0 Å². The Kier molecular flexibility index (Phi) is 2.97. The summed E-state index contributed by atoms with van der Waals surface area (Å²) in [6.45, 7) is 9.40. The second-order valence-electron chi connectivity index (χ2n) is 6.22. The van der Waals surface area contributed by atoms with Gasteiger partial charge in [-0.2, -0.15) is 0 Å². The Labute approximate surface area is 139 Å². The van der Waals surface area contributed by atoms with Crippen molar-refractivity contribution in [2.45, 2.75) is 25.4 Å². The second-order valence-corrected chi connectivity index (χ2v) is 6.22. The molecule has 0 radical (unpaired) electrons. The van der Waals surface area contributed by atoms with Gasteiger partial charge in [0.05, 0.1) is 18.4 Å². The third-order valence-electron chi connectivity index (χ3n) is 4.57. The average molecular weight is 317 g/mol. The lowest BCUT2D eigenvalue weighted by atomic mass is 10.0. The monoisotopic (exact) mass is 317 g/mol. The number of carbonyl (C=O) groups is 1. The van der Waals surface area contributed by atoms with Gasteiger partial charge in [-0.1, -0.05) is 6.07 Å². The van der Waals surface area contributed by atoms with Gasteiger partial charge < -0.3 is 5.11 Å². The quantitative estimate of drug-likeness (QED) is 0.741. The minimum atomic E-state index is -0.998. The molecule has 5 heteroatoms. The summed E-state index contributed by atoms with van der Waals surface area (Å²) < 4.78 is 1.69. The molecule has 0 amide bonds. The third-order valence-corrected chi connectivity index (χ3v) is 4.57. The number of fused-ring (bicyclic) bond motifs is 1. The van der Waals surface area contributed by atoms with Crippen LogP contribution in [0.2, 0.25) is 0 Å². The van der Waals surface area contributed by atoms with E-state index in [4.69, 9.17) is 6.57 Å². The molecule has 0 atom stereocenters. The highest BCUT2D eigenvalue weighted by Crippen LogP contribution is 2.48. The minimum Gasteiger partial charge on any atom is -0.477 e. The number of aryl methyl sites for hydroxylation is 1. The fourth-order valence-electron chi connectivity index (χ4n) is 3.22. The molecule has 1 aliphatic carbocycles. The number of carboxylic acid groups (broad SMARTS) is 1. The molecule has 4 rings (SSSR count). The largest absolute Gasteiger partial charge is 0.477 e. The Morgan fingerprint density at radius 2 is 2.00 bits per heavy atom. The smallest absolute Gasteiger partial charge is 0.352 e. The van der Waals surface area contributed by atoms with Crippen molar-refractivity contribution in [2.75, 3.05) is 0 Å². The van der Waals surface area contributed by atoms with Crippen molar-refractivity contribution < 1.29 is 9.90 Å². The molecule has 0 aliphatic heterocycles. The van der Waals surface area contributed by atoms with Crippen LogP contribution in [0.1, 0.15) is 29.0 Å². The molecule has 1 saturated carbocycles. The van der Waals surface area contributed by atoms with E-state index in [2.05, 4.69) is 9.83 Å². The predicted octanol–water partition coefficient (Wildman–Crippen LogP) is 4.08. The van der Waals surface area contributed by atoms with Crippen molar-refractivity contribution in [3.8, 4) is 11.1 Å². The zero-order chi connectivity index (χ0) is 16.9. The molecule has 2 aromatic heterocycles. The van der Waals surface area contributed by atoms with Gasteiger partial charge in [-0.25, -0.2) is 11.4 Å². The molecule has 5 nitrogen and oxygen atoms in total. The number of hydrogen-bond donors (Lipinski definition) is 1. The van der Waals surface area contributed by atoms with Gasteiger partial charge in [0.15, 0.2) is 0 Å². The molecular formula is C19H15N3O2. The van der Waals surface area contributed by atoms with Crippen LogP contribution in [0.5, 0.6) is 0 Å². The summed E-state index contributed by atoms with van der Waals surface area (Å²) in [5.74, 6) is -0.998. The summed E-state index contributed by atoms with van der Waals surface area (Å²) in [4.78, 5) is 19.6. The summed E-state index contributed by atoms with van der Waals surface area (Å²) in [5, 5.41) is 10.4. The summed E-state index contributed by atoms with van der Waals surface area (Å²) in [7, 11) is 0. The van der Waals surface area contributed by atoms with Gasteiger partial charge in [0, 0.05) is 17.3 Å². The molecule has 24 heavy (non-hydrogen) atoms. The highest BCUT2D eigenvalue weighted by atomic mass is 16.4. The maximum atomic E-state index is 11.6. The van der Waals surface area contributed by atoms with Gasteiger partial charge in [-0.15, -0.1) is 0 Å². The fraction of sp³-hybridized carbons (Fsp3) is 0.211. The van der Waals surface area contributed by atoms with Gasteiger partial charge >= 0.3 is 11.6 Å². The van der Waals surface area contributed by atoms with E-state index in [1.807, 2.05) is 37.3 Å². The minimum absolute atomic E-state index is 0.182. The first-order chi connectivity index (χ1) is 11.5.